The number of thiazole rings is 1. The van der Waals surface area contributed by atoms with Gasteiger partial charge in [-0.2, -0.15) is 4.98 Å². The minimum atomic E-state index is -0.197. The molecule has 30 heavy (non-hydrogen) atoms. The molecule has 0 atom stereocenters. The van der Waals surface area contributed by atoms with Gasteiger partial charge in [0.2, 0.25) is 5.88 Å². The number of fused-ring (bicyclic) bond motifs is 1. The lowest BCUT2D eigenvalue weighted by Crippen LogP contribution is -2.11. The van der Waals surface area contributed by atoms with Crippen molar-refractivity contribution in [3.63, 3.8) is 0 Å². The van der Waals surface area contributed by atoms with Crippen LogP contribution in [0.1, 0.15) is 26.1 Å². The van der Waals surface area contributed by atoms with Gasteiger partial charge in [-0.1, -0.05) is 12.1 Å². The molecular weight excluding hydrogens is 420 g/mol. The smallest absolute Gasteiger partial charge is 0.266 e. The highest BCUT2D eigenvalue weighted by atomic mass is 32.1. The third kappa shape index (κ3) is 3.91. The number of thiophene rings is 1. The molecule has 1 amide bonds. The number of carbonyl (C=O) groups excluding carboxylic acids is 1. The van der Waals surface area contributed by atoms with Crippen molar-refractivity contribution in [2.24, 2.45) is 0 Å². The second kappa shape index (κ2) is 8.47. The van der Waals surface area contributed by atoms with E-state index < -0.39 is 0 Å². The average molecular weight is 441 g/mol. The first-order chi connectivity index (χ1) is 14.5. The molecule has 7 nitrogen and oxygen atoms in total. The molecule has 4 aromatic rings. The zero-order valence-electron chi connectivity index (χ0n) is 17.0. The summed E-state index contributed by atoms with van der Waals surface area (Å²) in [6.07, 6.45) is 0. The van der Waals surface area contributed by atoms with Crippen LogP contribution in [0.3, 0.4) is 0 Å². The topological polar surface area (TPSA) is 86.2 Å². The molecule has 0 fully saturated rings. The van der Waals surface area contributed by atoms with Crippen LogP contribution < -0.4 is 10.1 Å². The van der Waals surface area contributed by atoms with Gasteiger partial charge >= 0.3 is 0 Å². The Balaban J connectivity index is 1.66. The van der Waals surface area contributed by atoms with E-state index in [-0.39, 0.29) is 12.5 Å². The van der Waals surface area contributed by atoms with Crippen LogP contribution in [0.5, 0.6) is 5.88 Å². The summed E-state index contributed by atoms with van der Waals surface area (Å²) in [4.78, 5) is 27.7. The third-order valence-corrected chi connectivity index (χ3v) is 6.47. The number of aromatic nitrogens is 3. The Hall–Kier alpha value is -2.88. The molecule has 0 bridgehead atoms. The number of nitrogens with one attached hydrogen (secondary N) is 1. The number of nitrogens with zero attached hydrogens (tertiary/aromatic N) is 3. The Morgan fingerprint density at radius 1 is 1.17 bits per heavy atom. The fourth-order valence-corrected chi connectivity index (χ4v) is 4.85. The van der Waals surface area contributed by atoms with Crippen LogP contribution in [0, 0.1) is 13.8 Å². The molecule has 0 saturated carbocycles. The van der Waals surface area contributed by atoms with E-state index in [0.29, 0.717) is 27.1 Å². The van der Waals surface area contributed by atoms with Gasteiger partial charge in [0.15, 0.2) is 5.82 Å². The van der Waals surface area contributed by atoms with Crippen molar-refractivity contribution in [2.45, 2.75) is 20.5 Å². The minimum absolute atomic E-state index is 0.197. The van der Waals surface area contributed by atoms with Crippen LogP contribution in [0.4, 0.5) is 5.69 Å². The van der Waals surface area contributed by atoms with Crippen LogP contribution in [0.15, 0.2) is 29.6 Å². The van der Waals surface area contributed by atoms with Gasteiger partial charge in [0.05, 0.1) is 28.1 Å². The summed E-state index contributed by atoms with van der Waals surface area (Å²) in [7, 11) is 3.14. The summed E-state index contributed by atoms with van der Waals surface area (Å²) in [5.74, 6) is 0.763. The summed E-state index contributed by atoms with van der Waals surface area (Å²) in [6, 6.07) is 7.67. The highest BCUT2D eigenvalue weighted by Crippen LogP contribution is 2.35. The van der Waals surface area contributed by atoms with Crippen LogP contribution in [0.2, 0.25) is 0 Å². The van der Waals surface area contributed by atoms with Crippen molar-refractivity contribution in [3.8, 4) is 17.1 Å². The number of anilines is 1. The number of methoxy groups -OCH3 is 2. The minimum Gasteiger partial charge on any atom is -0.480 e. The van der Waals surface area contributed by atoms with E-state index in [1.807, 2.05) is 43.5 Å². The first-order valence-electron chi connectivity index (χ1n) is 9.17. The SMILES string of the molecule is COCc1nc(OC)c2c(C)c(C(=O)Nc3cccc(-c4csc(C)n4)c3)sc2n1. The molecule has 4 rings (SSSR count). The van der Waals surface area contributed by atoms with Crippen LogP contribution >= 0.6 is 22.7 Å². The lowest BCUT2D eigenvalue weighted by atomic mass is 10.1. The highest BCUT2D eigenvalue weighted by Gasteiger charge is 2.21. The zero-order valence-corrected chi connectivity index (χ0v) is 18.6. The number of hydrogen-bond donors (Lipinski definition) is 1. The Kier molecular flexibility index (Phi) is 5.76. The van der Waals surface area contributed by atoms with Crippen molar-refractivity contribution in [3.05, 3.63) is 50.9 Å². The average Bonchev–Trinajstić information content (AvgIpc) is 3.31. The predicted molar refractivity (Wildman–Crippen MR) is 120 cm³/mol. The molecule has 3 heterocycles. The normalized spacial score (nSPS) is 11.1. The second-order valence-corrected chi connectivity index (χ2v) is 8.67. The molecule has 1 aromatic carbocycles. The van der Waals surface area contributed by atoms with E-state index in [2.05, 4.69) is 20.3 Å². The fourth-order valence-electron chi connectivity index (χ4n) is 3.14. The Morgan fingerprint density at radius 3 is 2.70 bits per heavy atom. The number of carbonyl (C=O) groups is 1. The Bertz CT molecular complexity index is 1230. The lowest BCUT2D eigenvalue weighted by Gasteiger charge is -2.07. The standard InChI is InChI=1S/C21H20N4O3S2/c1-11-17-20(28-4)24-16(9-27-3)25-21(17)30-18(11)19(26)23-14-7-5-6-13(8-14)15-10-29-12(2)22-15/h5-8,10H,9H2,1-4H3,(H,23,26). The summed E-state index contributed by atoms with van der Waals surface area (Å²) < 4.78 is 10.6. The maximum absolute atomic E-state index is 13.0. The molecule has 154 valence electrons. The van der Waals surface area contributed by atoms with Crippen LogP contribution in [-0.4, -0.2) is 35.1 Å². The fraction of sp³-hybridized carbons (Fsp3) is 0.238. The van der Waals surface area contributed by atoms with Gasteiger partial charge in [-0.05, 0) is 31.5 Å². The van der Waals surface area contributed by atoms with Crippen molar-refractivity contribution in [1.82, 2.24) is 15.0 Å². The maximum Gasteiger partial charge on any atom is 0.266 e. The quantitative estimate of drug-likeness (QED) is 0.462. The summed E-state index contributed by atoms with van der Waals surface area (Å²) in [6.45, 7) is 4.12. The zero-order chi connectivity index (χ0) is 21.3. The van der Waals surface area contributed by atoms with Gasteiger partial charge in [0.25, 0.3) is 5.91 Å². The molecule has 3 aromatic heterocycles. The molecule has 0 saturated heterocycles. The number of rotatable bonds is 6. The highest BCUT2D eigenvalue weighted by molar-refractivity contribution is 7.20. The van der Waals surface area contributed by atoms with E-state index in [9.17, 15) is 4.79 Å². The molecule has 0 radical (unpaired) electrons. The van der Waals surface area contributed by atoms with Crippen LogP contribution in [0.25, 0.3) is 21.5 Å². The molecular formula is C21H20N4O3S2. The van der Waals surface area contributed by atoms with E-state index in [0.717, 1.165) is 27.2 Å². The molecule has 9 heteroatoms. The van der Waals surface area contributed by atoms with Crippen molar-refractivity contribution in [2.75, 3.05) is 19.5 Å². The van der Waals surface area contributed by atoms with E-state index in [4.69, 9.17) is 9.47 Å². The number of ether oxygens (including phenoxy) is 2. The lowest BCUT2D eigenvalue weighted by molar-refractivity contribution is 0.103. The summed E-state index contributed by atoms with van der Waals surface area (Å²) >= 11 is 2.91. The predicted octanol–water partition coefficient (Wildman–Crippen LogP) is 4.84. The molecule has 1 N–H and O–H groups in total. The molecule has 0 aliphatic carbocycles. The number of benzene rings is 1. The first-order valence-corrected chi connectivity index (χ1v) is 10.9. The summed E-state index contributed by atoms with van der Waals surface area (Å²) in [5, 5.41) is 6.75. The van der Waals surface area contributed by atoms with Gasteiger partial charge in [-0.3, -0.25) is 4.79 Å². The molecule has 0 aliphatic heterocycles. The summed E-state index contributed by atoms with van der Waals surface area (Å²) in [5.41, 5.74) is 3.36. The van der Waals surface area contributed by atoms with E-state index in [1.165, 1.54) is 11.3 Å². The molecule has 0 spiro atoms. The monoisotopic (exact) mass is 440 g/mol. The Morgan fingerprint density at radius 2 is 2.00 bits per heavy atom. The third-order valence-electron chi connectivity index (χ3n) is 4.51. The van der Waals surface area contributed by atoms with E-state index in [1.54, 1.807) is 25.6 Å². The van der Waals surface area contributed by atoms with Crippen molar-refractivity contribution < 1.29 is 14.3 Å². The van der Waals surface area contributed by atoms with Gasteiger partial charge in [-0.25, -0.2) is 9.97 Å². The van der Waals surface area contributed by atoms with Gasteiger partial charge in [-0.15, -0.1) is 22.7 Å². The second-order valence-electron chi connectivity index (χ2n) is 6.61. The van der Waals surface area contributed by atoms with Gasteiger partial charge in [0.1, 0.15) is 11.4 Å². The van der Waals surface area contributed by atoms with Crippen molar-refractivity contribution >= 4 is 44.5 Å². The maximum atomic E-state index is 13.0. The Labute approximate surface area is 181 Å². The van der Waals surface area contributed by atoms with E-state index >= 15 is 0 Å². The number of hydrogen-bond acceptors (Lipinski definition) is 8. The number of amides is 1. The first kappa shape index (κ1) is 20.4. The van der Waals surface area contributed by atoms with Crippen LogP contribution in [-0.2, 0) is 11.3 Å². The van der Waals surface area contributed by atoms with Crippen molar-refractivity contribution in [1.29, 1.82) is 0 Å². The molecule has 0 unspecified atom stereocenters. The largest absolute Gasteiger partial charge is 0.480 e. The molecule has 0 aliphatic rings. The number of aryl methyl sites for hydroxylation is 2. The van der Waals surface area contributed by atoms with Gasteiger partial charge < -0.3 is 14.8 Å². The van der Waals surface area contributed by atoms with Gasteiger partial charge in [0, 0.05) is 23.7 Å².